The topological polar surface area (TPSA) is 32.3 Å². The lowest BCUT2D eigenvalue weighted by atomic mass is 10.1. The smallest absolute Gasteiger partial charge is 0.323 e. The molecule has 2 rings (SSSR count). The van der Waals surface area contributed by atoms with Crippen molar-refractivity contribution in [2.75, 3.05) is 18.4 Å². The molecule has 0 saturated heterocycles. The maximum atomic E-state index is 13.1. The molecule has 8 heteroatoms. The minimum absolute atomic E-state index is 0.141. The number of rotatable bonds is 6. The van der Waals surface area contributed by atoms with Gasteiger partial charge in [-0.2, -0.15) is 13.2 Å². The summed E-state index contributed by atoms with van der Waals surface area (Å²) >= 11 is 5.86. The van der Waals surface area contributed by atoms with E-state index in [1.807, 2.05) is 13.8 Å². The van der Waals surface area contributed by atoms with Gasteiger partial charge in [-0.15, -0.1) is 0 Å². The second kappa shape index (κ2) is 8.71. The molecule has 0 saturated carbocycles. The second-order valence-electron chi connectivity index (χ2n) is 6.00. The maximum Gasteiger partial charge on any atom is 0.418 e. The Morgan fingerprint density at radius 3 is 2.37 bits per heavy atom. The van der Waals surface area contributed by atoms with Gasteiger partial charge in [0.15, 0.2) is 0 Å². The van der Waals surface area contributed by atoms with Crippen LogP contribution in [-0.2, 0) is 11.0 Å². The Labute approximate surface area is 159 Å². The first-order chi connectivity index (χ1) is 12.6. The van der Waals surface area contributed by atoms with E-state index in [2.05, 4.69) is 5.32 Å². The third kappa shape index (κ3) is 5.43. The first-order valence-electron chi connectivity index (χ1n) is 8.28. The molecule has 2 aromatic rings. The van der Waals surface area contributed by atoms with Crippen LogP contribution < -0.4 is 5.32 Å². The first-order valence-corrected chi connectivity index (χ1v) is 8.66. The summed E-state index contributed by atoms with van der Waals surface area (Å²) in [7, 11) is 0. The molecular weight excluding hydrogens is 384 g/mol. The highest BCUT2D eigenvalue weighted by molar-refractivity contribution is 6.34. The molecule has 0 heterocycles. The van der Waals surface area contributed by atoms with Crippen molar-refractivity contribution < 1.29 is 22.4 Å². The number of carbonyl (C=O) groups excluding carboxylic acids is 1. The number of para-hydroxylation sites is 1. The highest BCUT2D eigenvalue weighted by Crippen LogP contribution is 2.38. The summed E-state index contributed by atoms with van der Waals surface area (Å²) in [6, 6.07) is 8.95. The van der Waals surface area contributed by atoms with Crippen LogP contribution >= 0.6 is 11.6 Å². The highest BCUT2D eigenvalue weighted by atomic mass is 35.5. The Morgan fingerprint density at radius 2 is 1.81 bits per heavy atom. The molecule has 0 radical (unpaired) electrons. The minimum Gasteiger partial charge on any atom is -0.323 e. The molecule has 146 valence electrons. The Bertz CT molecular complexity index is 793. The molecule has 27 heavy (non-hydrogen) atoms. The van der Waals surface area contributed by atoms with Gasteiger partial charge in [-0.1, -0.05) is 36.7 Å². The van der Waals surface area contributed by atoms with Crippen molar-refractivity contribution in [1.82, 2.24) is 4.90 Å². The van der Waals surface area contributed by atoms with Crippen molar-refractivity contribution in [3.8, 4) is 0 Å². The number of hydrogen-bond donors (Lipinski definition) is 1. The van der Waals surface area contributed by atoms with E-state index >= 15 is 0 Å². The fraction of sp³-hybridized carbons (Fsp3) is 0.316. The van der Waals surface area contributed by atoms with Crippen LogP contribution in [0.3, 0.4) is 0 Å². The summed E-state index contributed by atoms with van der Waals surface area (Å²) in [5.41, 5.74) is -0.667. The van der Waals surface area contributed by atoms with Gasteiger partial charge < -0.3 is 5.32 Å². The normalized spacial score (nSPS) is 12.9. The average Bonchev–Trinajstić information content (AvgIpc) is 2.60. The molecule has 0 aliphatic carbocycles. The molecule has 0 aliphatic heterocycles. The Kier molecular flexibility index (Phi) is 6.84. The quantitative estimate of drug-likeness (QED) is 0.645. The van der Waals surface area contributed by atoms with Crippen molar-refractivity contribution in [3.05, 3.63) is 64.4 Å². The largest absolute Gasteiger partial charge is 0.418 e. The summed E-state index contributed by atoms with van der Waals surface area (Å²) in [6.45, 7) is 3.99. The average molecular weight is 403 g/mol. The molecule has 3 nitrogen and oxygen atoms in total. The first kappa shape index (κ1) is 21.2. The van der Waals surface area contributed by atoms with Gasteiger partial charge >= 0.3 is 6.18 Å². The molecule has 1 atom stereocenters. The molecule has 0 fully saturated rings. The third-order valence-electron chi connectivity index (χ3n) is 4.24. The van der Waals surface area contributed by atoms with Crippen LogP contribution in [0, 0.1) is 5.82 Å². The number of benzene rings is 2. The molecule has 1 N–H and O–H groups in total. The van der Waals surface area contributed by atoms with Gasteiger partial charge in [0.2, 0.25) is 5.91 Å². The SMILES string of the molecule is CCN(CC(=O)Nc1c(Cl)cccc1C(F)(F)F)C(C)c1ccc(F)cc1. The van der Waals surface area contributed by atoms with Crippen LogP contribution in [0.25, 0.3) is 0 Å². The summed E-state index contributed by atoms with van der Waals surface area (Å²) in [4.78, 5) is 14.1. The summed E-state index contributed by atoms with van der Waals surface area (Å²) in [5, 5.41) is 2.09. The molecule has 0 aromatic heterocycles. The lowest BCUT2D eigenvalue weighted by Gasteiger charge is -2.28. The van der Waals surface area contributed by atoms with Gasteiger partial charge in [0.1, 0.15) is 5.82 Å². The molecular formula is C19H19ClF4N2O. The van der Waals surface area contributed by atoms with E-state index in [1.165, 1.54) is 24.3 Å². The second-order valence-corrected chi connectivity index (χ2v) is 6.41. The van der Waals surface area contributed by atoms with Crippen LogP contribution in [0.2, 0.25) is 5.02 Å². The zero-order valence-corrected chi connectivity index (χ0v) is 15.5. The standard InChI is InChI=1S/C19H19ClF4N2O/c1-3-26(12(2)13-7-9-14(21)10-8-13)11-17(27)25-18-15(19(22,23)24)5-4-6-16(18)20/h4-10,12H,3,11H2,1-2H3,(H,25,27). The van der Waals surface area contributed by atoms with Crippen LogP contribution in [0.15, 0.2) is 42.5 Å². The van der Waals surface area contributed by atoms with Crippen molar-refractivity contribution in [1.29, 1.82) is 0 Å². The highest BCUT2D eigenvalue weighted by Gasteiger charge is 2.35. The zero-order valence-electron chi connectivity index (χ0n) is 14.8. The van der Waals surface area contributed by atoms with Gasteiger partial charge in [-0.3, -0.25) is 9.69 Å². The lowest BCUT2D eigenvalue weighted by molar-refractivity contribution is -0.137. The van der Waals surface area contributed by atoms with E-state index in [0.717, 1.165) is 11.6 Å². The summed E-state index contributed by atoms with van der Waals surface area (Å²) in [5.74, 6) is -0.991. The van der Waals surface area contributed by atoms with E-state index in [0.29, 0.717) is 6.54 Å². The van der Waals surface area contributed by atoms with Gasteiger partial charge in [0.05, 0.1) is 22.8 Å². The van der Waals surface area contributed by atoms with E-state index in [1.54, 1.807) is 17.0 Å². The Morgan fingerprint density at radius 1 is 1.19 bits per heavy atom. The van der Waals surface area contributed by atoms with Crippen LogP contribution in [0.5, 0.6) is 0 Å². The number of carbonyl (C=O) groups is 1. The lowest BCUT2D eigenvalue weighted by Crippen LogP contribution is -2.35. The predicted octanol–water partition coefficient (Wildman–Crippen LogP) is 5.52. The zero-order chi connectivity index (χ0) is 20.2. The number of hydrogen-bond acceptors (Lipinski definition) is 2. The predicted molar refractivity (Wildman–Crippen MR) is 97.1 cm³/mol. The molecule has 1 amide bonds. The van der Waals surface area contributed by atoms with E-state index in [4.69, 9.17) is 11.6 Å². The number of likely N-dealkylation sites (N-methyl/N-ethyl adjacent to an activating group) is 1. The number of halogens is 5. The molecule has 0 bridgehead atoms. The fourth-order valence-corrected chi connectivity index (χ4v) is 2.95. The Balaban J connectivity index is 2.15. The van der Waals surface area contributed by atoms with E-state index in [9.17, 15) is 22.4 Å². The van der Waals surface area contributed by atoms with Crippen molar-refractivity contribution in [2.24, 2.45) is 0 Å². The summed E-state index contributed by atoms with van der Waals surface area (Å²) in [6.07, 6.45) is -4.64. The third-order valence-corrected chi connectivity index (χ3v) is 4.55. The number of nitrogens with zero attached hydrogens (tertiary/aromatic N) is 1. The van der Waals surface area contributed by atoms with Crippen LogP contribution in [0.4, 0.5) is 23.2 Å². The van der Waals surface area contributed by atoms with Crippen molar-refractivity contribution in [2.45, 2.75) is 26.1 Å². The monoisotopic (exact) mass is 402 g/mol. The van der Waals surface area contributed by atoms with Crippen LogP contribution in [0.1, 0.15) is 31.0 Å². The van der Waals surface area contributed by atoms with Gasteiger partial charge in [0, 0.05) is 6.04 Å². The maximum absolute atomic E-state index is 13.1. The number of nitrogens with one attached hydrogen (secondary N) is 1. The summed E-state index contributed by atoms with van der Waals surface area (Å²) < 4.78 is 52.5. The van der Waals surface area contributed by atoms with E-state index < -0.39 is 23.3 Å². The van der Waals surface area contributed by atoms with E-state index in [-0.39, 0.29) is 23.4 Å². The molecule has 2 aromatic carbocycles. The fourth-order valence-electron chi connectivity index (χ4n) is 2.73. The number of amides is 1. The number of alkyl halides is 3. The van der Waals surface area contributed by atoms with Gasteiger partial charge in [0.25, 0.3) is 0 Å². The molecule has 0 spiro atoms. The van der Waals surface area contributed by atoms with Crippen molar-refractivity contribution >= 4 is 23.2 Å². The van der Waals surface area contributed by atoms with Gasteiger partial charge in [-0.25, -0.2) is 4.39 Å². The number of anilines is 1. The Hall–Kier alpha value is -2.12. The minimum atomic E-state index is -4.64. The van der Waals surface area contributed by atoms with Crippen LogP contribution in [-0.4, -0.2) is 23.9 Å². The molecule has 1 unspecified atom stereocenters. The van der Waals surface area contributed by atoms with Crippen molar-refractivity contribution in [3.63, 3.8) is 0 Å². The van der Waals surface area contributed by atoms with Gasteiger partial charge in [-0.05, 0) is 43.3 Å². The molecule has 0 aliphatic rings.